The van der Waals surface area contributed by atoms with Crippen LogP contribution >= 0.6 is 23.2 Å². The second kappa shape index (κ2) is 8.00. The Hall–Kier alpha value is -2.57. The van der Waals surface area contributed by atoms with E-state index in [2.05, 4.69) is 15.4 Å². The van der Waals surface area contributed by atoms with E-state index in [1.165, 1.54) is 0 Å². The average molecular weight is 377 g/mol. The van der Waals surface area contributed by atoms with Gasteiger partial charge < -0.3 is 10.1 Å². The summed E-state index contributed by atoms with van der Waals surface area (Å²) in [6, 6.07) is 10.3. The van der Waals surface area contributed by atoms with E-state index in [9.17, 15) is 4.79 Å². The Morgan fingerprint density at radius 2 is 2.04 bits per heavy atom. The van der Waals surface area contributed by atoms with Gasteiger partial charge in [0.25, 0.3) is 5.91 Å². The van der Waals surface area contributed by atoms with Gasteiger partial charge in [0.1, 0.15) is 5.75 Å². The number of nitrogens with zero attached hydrogens (tertiary/aromatic N) is 3. The number of carbonyl (C=O) groups is 1. The summed E-state index contributed by atoms with van der Waals surface area (Å²) in [6.45, 7) is 0.245. The molecule has 0 radical (unpaired) electrons. The van der Waals surface area contributed by atoms with Gasteiger partial charge in [-0.05, 0) is 35.9 Å². The number of rotatable bonds is 6. The first kappa shape index (κ1) is 17.3. The molecule has 0 bridgehead atoms. The van der Waals surface area contributed by atoms with Crippen molar-refractivity contribution in [1.29, 1.82) is 0 Å². The Balaban J connectivity index is 1.52. The number of amides is 1. The number of pyridine rings is 1. The molecule has 0 aliphatic carbocycles. The number of halogens is 2. The lowest BCUT2D eigenvalue weighted by atomic mass is 10.2. The van der Waals surface area contributed by atoms with Gasteiger partial charge in [-0.3, -0.25) is 4.79 Å². The number of nitrogens with one attached hydrogen (secondary N) is 1. The van der Waals surface area contributed by atoms with Gasteiger partial charge in [-0.1, -0.05) is 23.2 Å². The summed E-state index contributed by atoms with van der Waals surface area (Å²) < 4.78 is 7.04. The fourth-order valence-corrected chi connectivity index (χ4v) is 2.36. The van der Waals surface area contributed by atoms with Gasteiger partial charge in [0, 0.05) is 31.2 Å². The van der Waals surface area contributed by atoms with Crippen LogP contribution in [0.25, 0.3) is 5.82 Å². The molecule has 6 nitrogen and oxygen atoms in total. The van der Waals surface area contributed by atoms with Crippen molar-refractivity contribution in [1.82, 2.24) is 20.1 Å². The minimum atomic E-state index is -0.247. The van der Waals surface area contributed by atoms with E-state index in [1.54, 1.807) is 41.5 Å². The third kappa shape index (κ3) is 4.71. The summed E-state index contributed by atoms with van der Waals surface area (Å²) in [6.07, 6.45) is 5.15. The number of benzene rings is 1. The van der Waals surface area contributed by atoms with Crippen LogP contribution in [0, 0.1) is 0 Å². The molecular weight excluding hydrogens is 363 g/mol. The lowest BCUT2D eigenvalue weighted by molar-refractivity contribution is -0.123. The maximum absolute atomic E-state index is 11.9. The summed E-state index contributed by atoms with van der Waals surface area (Å²) in [5.41, 5.74) is 0.906. The van der Waals surface area contributed by atoms with Crippen molar-refractivity contribution in [2.45, 2.75) is 6.54 Å². The first-order chi connectivity index (χ1) is 12.1. The standard InChI is InChI=1S/C17H14Cl2N4O2/c18-14-3-2-13(9-15(14)19)25-11-17(24)21-10-12-4-6-20-16(8-12)23-7-1-5-22-23/h1-9H,10-11H2,(H,21,24). The zero-order valence-electron chi connectivity index (χ0n) is 13.0. The molecule has 2 heterocycles. The van der Waals surface area contributed by atoms with E-state index in [0.717, 1.165) is 5.56 Å². The Kier molecular flexibility index (Phi) is 5.53. The topological polar surface area (TPSA) is 69.0 Å². The number of hydrogen-bond donors (Lipinski definition) is 1. The van der Waals surface area contributed by atoms with Crippen LogP contribution in [0.2, 0.25) is 10.0 Å². The maximum atomic E-state index is 11.9. The summed E-state index contributed by atoms with van der Waals surface area (Å²) in [5, 5.41) is 7.72. The van der Waals surface area contributed by atoms with Crippen molar-refractivity contribution in [2.24, 2.45) is 0 Å². The minimum absolute atomic E-state index is 0.116. The minimum Gasteiger partial charge on any atom is -0.484 e. The van der Waals surface area contributed by atoms with Crippen LogP contribution in [0.15, 0.2) is 55.0 Å². The maximum Gasteiger partial charge on any atom is 0.258 e. The molecule has 0 saturated heterocycles. The van der Waals surface area contributed by atoms with E-state index in [-0.39, 0.29) is 12.5 Å². The largest absolute Gasteiger partial charge is 0.484 e. The molecular formula is C17H14Cl2N4O2. The molecule has 3 aromatic rings. The highest BCUT2D eigenvalue weighted by Gasteiger charge is 2.06. The number of ether oxygens (including phenoxy) is 1. The predicted molar refractivity (Wildman–Crippen MR) is 95.2 cm³/mol. The number of hydrogen-bond acceptors (Lipinski definition) is 4. The first-order valence-electron chi connectivity index (χ1n) is 7.41. The SMILES string of the molecule is O=C(COc1ccc(Cl)c(Cl)c1)NCc1ccnc(-n2cccn2)c1. The molecule has 0 fully saturated rings. The Morgan fingerprint density at radius 1 is 1.16 bits per heavy atom. The Morgan fingerprint density at radius 3 is 2.80 bits per heavy atom. The van der Waals surface area contributed by atoms with Gasteiger partial charge in [0.15, 0.2) is 12.4 Å². The fraction of sp³-hybridized carbons (Fsp3) is 0.118. The van der Waals surface area contributed by atoms with Crippen LogP contribution < -0.4 is 10.1 Å². The van der Waals surface area contributed by atoms with Crippen molar-refractivity contribution < 1.29 is 9.53 Å². The highest BCUT2D eigenvalue weighted by molar-refractivity contribution is 6.42. The lowest BCUT2D eigenvalue weighted by Gasteiger charge is -2.09. The highest BCUT2D eigenvalue weighted by Crippen LogP contribution is 2.26. The molecule has 0 spiro atoms. The molecule has 1 aromatic carbocycles. The molecule has 1 N–H and O–H groups in total. The molecule has 0 atom stereocenters. The summed E-state index contributed by atoms with van der Waals surface area (Å²) in [4.78, 5) is 16.2. The third-order valence-electron chi connectivity index (χ3n) is 3.30. The lowest BCUT2D eigenvalue weighted by Crippen LogP contribution is -2.28. The molecule has 128 valence electrons. The molecule has 8 heteroatoms. The van der Waals surface area contributed by atoms with Gasteiger partial charge in [-0.2, -0.15) is 5.10 Å². The van der Waals surface area contributed by atoms with Crippen LogP contribution in [0.1, 0.15) is 5.56 Å². The number of aromatic nitrogens is 3. The second-order valence-corrected chi connectivity index (χ2v) is 5.93. The van der Waals surface area contributed by atoms with Crippen molar-refractivity contribution in [2.75, 3.05) is 6.61 Å². The van der Waals surface area contributed by atoms with Crippen LogP contribution in [-0.4, -0.2) is 27.3 Å². The van der Waals surface area contributed by atoms with Gasteiger partial charge >= 0.3 is 0 Å². The van der Waals surface area contributed by atoms with Crippen LogP contribution in [0.4, 0.5) is 0 Å². The van der Waals surface area contributed by atoms with Gasteiger partial charge in [0.05, 0.1) is 10.0 Å². The van der Waals surface area contributed by atoms with Crippen molar-refractivity contribution >= 4 is 29.1 Å². The van der Waals surface area contributed by atoms with E-state index in [1.807, 2.05) is 18.2 Å². The summed E-state index contributed by atoms with van der Waals surface area (Å²) >= 11 is 11.7. The van der Waals surface area contributed by atoms with Gasteiger partial charge in [0.2, 0.25) is 0 Å². The smallest absolute Gasteiger partial charge is 0.258 e. The Bertz CT molecular complexity index is 869. The first-order valence-corrected chi connectivity index (χ1v) is 8.17. The Labute approximate surface area is 154 Å². The van der Waals surface area contributed by atoms with E-state index in [4.69, 9.17) is 27.9 Å². The fourth-order valence-electron chi connectivity index (χ4n) is 2.07. The second-order valence-electron chi connectivity index (χ2n) is 5.11. The van der Waals surface area contributed by atoms with Crippen LogP contribution in [0.5, 0.6) is 5.75 Å². The zero-order valence-corrected chi connectivity index (χ0v) is 14.5. The van der Waals surface area contributed by atoms with Gasteiger partial charge in [-0.25, -0.2) is 9.67 Å². The normalized spacial score (nSPS) is 10.5. The van der Waals surface area contributed by atoms with Crippen LogP contribution in [-0.2, 0) is 11.3 Å². The predicted octanol–water partition coefficient (Wildman–Crippen LogP) is 3.27. The van der Waals surface area contributed by atoms with Crippen molar-refractivity contribution in [3.05, 3.63) is 70.6 Å². The van der Waals surface area contributed by atoms with E-state index < -0.39 is 0 Å². The molecule has 0 aliphatic rings. The number of carbonyl (C=O) groups excluding carboxylic acids is 1. The zero-order chi connectivity index (χ0) is 17.6. The van der Waals surface area contributed by atoms with Crippen molar-refractivity contribution in [3.8, 4) is 11.6 Å². The highest BCUT2D eigenvalue weighted by atomic mass is 35.5. The van der Waals surface area contributed by atoms with Crippen molar-refractivity contribution in [3.63, 3.8) is 0 Å². The van der Waals surface area contributed by atoms with E-state index >= 15 is 0 Å². The molecule has 0 aliphatic heterocycles. The van der Waals surface area contributed by atoms with Crippen LogP contribution in [0.3, 0.4) is 0 Å². The average Bonchev–Trinajstić information content (AvgIpc) is 3.16. The molecule has 2 aromatic heterocycles. The summed E-state index contributed by atoms with van der Waals surface area (Å²) in [5.74, 6) is 0.918. The monoisotopic (exact) mass is 376 g/mol. The molecule has 1 amide bonds. The van der Waals surface area contributed by atoms with Gasteiger partial charge in [-0.15, -0.1) is 0 Å². The molecule has 0 saturated carbocycles. The molecule has 0 unspecified atom stereocenters. The summed E-state index contributed by atoms with van der Waals surface area (Å²) in [7, 11) is 0. The third-order valence-corrected chi connectivity index (χ3v) is 4.04. The quantitative estimate of drug-likeness (QED) is 0.716. The molecule has 3 rings (SSSR count). The van der Waals surface area contributed by atoms with E-state index in [0.29, 0.717) is 28.2 Å². The molecule has 25 heavy (non-hydrogen) atoms.